The minimum atomic E-state index is -0.483. The highest BCUT2D eigenvalue weighted by Crippen LogP contribution is 2.24. The maximum Gasteiger partial charge on any atom is 0.357 e. The molecule has 2 aromatic rings. The Morgan fingerprint density at radius 1 is 1.47 bits per heavy atom. The number of hydrogen-bond donors (Lipinski definition) is 1. The van der Waals surface area contributed by atoms with E-state index in [1.54, 1.807) is 23.6 Å². The number of benzene rings is 1. The van der Waals surface area contributed by atoms with E-state index in [9.17, 15) is 9.18 Å². The van der Waals surface area contributed by atoms with Gasteiger partial charge in [-0.25, -0.2) is 14.2 Å². The summed E-state index contributed by atoms with van der Waals surface area (Å²) >= 11 is 1.28. The smallest absolute Gasteiger partial charge is 0.357 e. The van der Waals surface area contributed by atoms with E-state index >= 15 is 0 Å². The van der Waals surface area contributed by atoms with Crippen LogP contribution in [-0.4, -0.2) is 18.1 Å². The molecule has 0 aliphatic rings. The van der Waals surface area contributed by atoms with Crippen molar-refractivity contribution in [2.24, 2.45) is 0 Å². The molecule has 1 unspecified atom stereocenters. The molecule has 0 radical (unpaired) electrons. The zero-order valence-corrected chi connectivity index (χ0v) is 11.3. The summed E-state index contributed by atoms with van der Waals surface area (Å²) in [6.07, 6.45) is 0. The molecule has 0 aliphatic carbocycles. The first-order chi connectivity index (χ1) is 9.11. The zero-order chi connectivity index (χ0) is 13.8. The van der Waals surface area contributed by atoms with Gasteiger partial charge in [-0.15, -0.1) is 11.3 Å². The highest BCUT2D eigenvalue weighted by molar-refractivity contribution is 7.13. The number of hydrogen-bond acceptors (Lipinski definition) is 5. The zero-order valence-electron chi connectivity index (χ0n) is 10.5. The fourth-order valence-corrected chi connectivity index (χ4v) is 2.40. The maximum absolute atomic E-state index is 13.6. The van der Waals surface area contributed by atoms with Gasteiger partial charge in [-0.1, -0.05) is 18.2 Å². The standard InChI is InChI=1S/C13H13FN2O2S/c1-8(9-5-3-4-6-10(9)14)15-13-16-11(7-19-13)12(17)18-2/h3-8H,1-2H3,(H,15,16). The van der Waals surface area contributed by atoms with Gasteiger partial charge in [0.1, 0.15) is 5.82 Å². The molecule has 0 fully saturated rings. The predicted octanol–water partition coefficient (Wildman–Crippen LogP) is 3.24. The Kier molecular flexibility index (Phi) is 4.11. The van der Waals surface area contributed by atoms with Crippen LogP contribution >= 0.6 is 11.3 Å². The fraction of sp³-hybridized carbons (Fsp3) is 0.231. The lowest BCUT2D eigenvalue weighted by molar-refractivity contribution is 0.0595. The second kappa shape index (κ2) is 5.79. The normalized spacial score (nSPS) is 11.9. The van der Waals surface area contributed by atoms with Crippen molar-refractivity contribution in [1.29, 1.82) is 0 Å². The van der Waals surface area contributed by atoms with Gasteiger partial charge >= 0.3 is 5.97 Å². The minimum Gasteiger partial charge on any atom is -0.464 e. The lowest BCUT2D eigenvalue weighted by Crippen LogP contribution is -2.09. The number of nitrogens with zero attached hydrogens (tertiary/aromatic N) is 1. The number of ether oxygens (including phenoxy) is 1. The summed E-state index contributed by atoms with van der Waals surface area (Å²) in [6, 6.07) is 6.30. The van der Waals surface area contributed by atoms with Crippen LogP contribution in [0.4, 0.5) is 9.52 Å². The largest absolute Gasteiger partial charge is 0.464 e. The molecule has 1 heterocycles. The monoisotopic (exact) mass is 280 g/mol. The number of rotatable bonds is 4. The highest BCUT2D eigenvalue weighted by atomic mass is 32.1. The van der Waals surface area contributed by atoms with Gasteiger partial charge in [-0.05, 0) is 13.0 Å². The molecule has 0 aliphatic heterocycles. The second-order valence-corrected chi connectivity index (χ2v) is 4.78. The molecule has 6 heteroatoms. The van der Waals surface area contributed by atoms with Crippen molar-refractivity contribution in [3.05, 3.63) is 46.7 Å². The van der Waals surface area contributed by atoms with Gasteiger partial charge in [-0.3, -0.25) is 0 Å². The summed E-state index contributed by atoms with van der Waals surface area (Å²) in [5.74, 6) is -0.755. The molecule has 4 nitrogen and oxygen atoms in total. The lowest BCUT2D eigenvalue weighted by Gasteiger charge is -2.13. The molecule has 1 atom stereocenters. The van der Waals surface area contributed by atoms with Crippen LogP contribution in [0.3, 0.4) is 0 Å². The number of methoxy groups -OCH3 is 1. The van der Waals surface area contributed by atoms with E-state index in [4.69, 9.17) is 0 Å². The molecule has 1 aromatic carbocycles. The van der Waals surface area contributed by atoms with Crippen LogP contribution in [-0.2, 0) is 4.74 Å². The number of esters is 1. The van der Waals surface area contributed by atoms with Gasteiger partial charge in [0.05, 0.1) is 13.2 Å². The van der Waals surface area contributed by atoms with E-state index in [0.717, 1.165) is 0 Å². The lowest BCUT2D eigenvalue weighted by atomic mass is 10.1. The van der Waals surface area contributed by atoms with E-state index < -0.39 is 5.97 Å². The molecule has 0 bridgehead atoms. The van der Waals surface area contributed by atoms with Crippen molar-refractivity contribution in [1.82, 2.24) is 4.98 Å². The average Bonchev–Trinajstić information content (AvgIpc) is 2.86. The van der Waals surface area contributed by atoms with Gasteiger partial charge in [-0.2, -0.15) is 0 Å². The van der Waals surface area contributed by atoms with Crippen LogP contribution in [0.5, 0.6) is 0 Å². The number of anilines is 1. The molecule has 1 aromatic heterocycles. The third kappa shape index (κ3) is 3.08. The first-order valence-corrected chi connectivity index (χ1v) is 6.54. The van der Waals surface area contributed by atoms with Crippen LogP contribution in [0.1, 0.15) is 29.0 Å². The number of carbonyl (C=O) groups excluding carboxylic acids is 1. The molecular formula is C13H13FN2O2S. The van der Waals surface area contributed by atoms with E-state index in [0.29, 0.717) is 10.7 Å². The van der Waals surface area contributed by atoms with Crippen molar-refractivity contribution < 1.29 is 13.9 Å². The summed E-state index contributed by atoms with van der Waals surface area (Å²) in [6.45, 7) is 1.83. The molecule has 2 rings (SSSR count). The molecule has 0 amide bonds. The second-order valence-electron chi connectivity index (χ2n) is 3.92. The van der Waals surface area contributed by atoms with Crippen molar-refractivity contribution in [2.45, 2.75) is 13.0 Å². The van der Waals surface area contributed by atoms with Gasteiger partial charge in [0.15, 0.2) is 10.8 Å². The van der Waals surface area contributed by atoms with Crippen LogP contribution in [0.15, 0.2) is 29.6 Å². The summed E-state index contributed by atoms with van der Waals surface area (Å²) in [5, 5.41) is 5.21. The van der Waals surface area contributed by atoms with Crippen molar-refractivity contribution in [2.75, 3.05) is 12.4 Å². The van der Waals surface area contributed by atoms with Crippen LogP contribution in [0, 0.1) is 5.82 Å². The summed E-state index contributed by atoms with van der Waals surface area (Å²) in [4.78, 5) is 15.4. The van der Waals surface area contributed by atoms with Gasteiger partial charge in [0.25, 0.3) is 0 Å². The SMILES string of the molecule is COC(=O)c1csc(NC(C)c2ccccc2F)n1. The summed E-state index contributed by atoms with van der Waals surface area (Å²) < 4.78 is 18.2. The first-order valence-electron chi connectivity index (χ1n) is 5.66. The summed E-state index contributed by atoms with van der Waals surface area (Å²) in [7, 11) is 1.30. The van der Waals surface area contributed by atoms with Crippen molar-refractivity contribution in [3.8, 4) is 0 Å². The third-order valence-corrected chi connectivity index (χ3v) is 3.38. The highest BCUT2D eigenvalue weighted by Gasteiger charge is 2.14. The number of carbonyl (C=O) groups is 1. The quantitative estimate of drug-likeness (QED) is 0.873. The van der Waals surface area contributed by atoms with Crippen LogP contribution < -0.4 is 5.32 Å². The predicted molar refractivity (Wildman–Crippen MR) is 71.9 cm³/mol. The van der Waals surface area contributed by atoms with E-state index in [1.165, 1.54) is 24.5 Å². The Labute approximate surface area is 114 Å². The molecule has 0 spiro atoms. The third-order valence-electron chi connectivity index (χ3n) is 2.61. The number of nitrogens with one attached hydrogen (secondary N) is 1. The molecule has 0 saturated carbocycles. The van der Waals surface area contributed by atoms with Crippen molar-refractivity contribution >= 4 is 22.4 Å². The van der Waals surface area contributed by atoms with Gasteiger partial charge in [0, 0.05) is 10.9 Å². The maximum atomic E-state index is 13.6. The van der Waals surface area contributed by atoms with Gasteiger partial charge < -0.3 is 10.1 Å². The molecule has 19 heavy (non-hydrogen) atoms. The Morgan fingerprint density at radius 2 is 2.21 bits per heavy atom. The molecular weight excluding hydrogens is 267 g/mol. The van der Waals surface area contributed by atoms with Crippen LogP contribution in [0.2, 0.25) is 0 Å². The topological polar surface area (TPSA) is 51.2 Å². The van der Waals surface area contributed by atoms with Crippen LogP contribution in [0.25, 0.3) is 0 Å². The Hall–Kier alpha value is -1.95. The Bertz CT molecular complexity index is 586. The Morgan fingerprint density at radius 3 is 2.89 bits per heavy atom. The van der Waals surface area contributed by atoms with Crippen molar-refractivity contribution in [3.63, 3.8) is 0 Å². The fourth-order valence-electron chi connectivity index (χ4n) is 1.63. The van der Waals surface area contributed by atoms with Gasteiger partial charge in [0.2, 0.25) is 0 Å². The first kappa shape index (κ1) is 13.5. The molecule has 100 valence electrons. The number of aromatic nitrogens is 1. The molecule has 1 N–H and O–H groups in total. The van der Waals surface area contributed by atoms with E-state index in [1.807, 2.05) is 6.92 Å². The molecule has 0 saturated heterocycles. The summed E-state index contributed by atoms with van der Waals surface area (Å²) in [5.41, 5.74) is 0.799. The minimum absolute atomic E-state index is 0.238. The number of halogens is 1. The number of thiazole rings is 1. The average molecular weight is 280 g/mol. The van der Waals surface area contributed by atoms with E-state index in [2.05, 4.69) is 15.0 Å². The Balaban J connectivity index is 2.11. The van der Waals surface area contributed by atoms with E-state index in [-0.39, 0.29) is 17.6 Å².